The monoisotopic (exact) mass is 233 g/mol. The Morgan fingerprint density at radius 3 is 2.19 bits per heavy atom. The number of rotatable bonds is 12. The summed E-state index contributed by atoms with van der Waals surface area (Å²) < 4.78 is 10.8. The van der Waals surface area contributed by atoms with Crippen LogP contribution >= 0.6 is 0 Å². The van der Waals surface area contributed by atoms with E-state index in [0.29, 0.717) is 19.8 Å². The summed E-state index contributed by atoms with van der Waals surface area (Å²) in [4.78, 5) is 0. The minimum absolute atomic E-state index is 0.118. The van der Waals surface area contributed by atoms with Gasteiger partial charge >= 0.3 is 0 Å². The molecule has 4 heteroatoms. The predicted octanol–water partition coefficient (Wildman–Crippen LogP) is 1.53. The summed E-state index contributed by atoms with van der Waals surface area (Å²) in [5.41, 5.74) is 0. The van der Waals surface area contributed by atoms with Crippen LogP contribution < -0.4 is 5.32 Å². The van der Waals surface area contributed by atoms with Gasteiger partial charge in [0.25, 0.3) is 0 Å². The Bertz CT molecular complexity index is 127. The summed E-state index contributed by atoms with van der Waals surface area (Å²) in [5.74, 6) is 0. The maximum absolute atomic E-state index is 8.61. The van der Waals surface area contributed by atoms with Crippen molar-refractivity contribution in [3.63, 3.8) is 0 Å². The van der Waals surface area contributed by atoms with E-state index in [0.717, 1.165) is 32.4 Å². The maximum Gasteiger partial charge on any atom is 0.169 e. The molecule has 0 heterocycles. The molecule has 0 atom stereocenters. The van der Waals surface area contributed by atoms with Crippen molar-refractivity contribution in [3.8, 4) is 0 Å². The van der Waals surface area contributed by atoms with Gasteiger partial charge in [-0.15, -0.1) is 0 Å². The van der Waals surface area contributed by atoms with Crippen LogP contribution in [0.15, 0.2) is 0 Å². The Morgan fingerprint density at radius 1 is 1.00 bits per heavy atom. The SMILES string of the molecule is CCOC(CNCCCCCCO)OCC. The van der Waals surface area contributed by atoms with E-state index in [4.69, 9.17) is 14.6 Å². The first-order valence-corrected chi connectivity index (χ1v) is 6.39. The lowest BCUT2D eigenvalue weighted by Crippen LogP contribution is -2.32. The van der Waals surface area contributed by atoms with Crippen molar-refractivity contribution >= 4 is 0 Å². The molecule has 0 spiro atoms. The average molecular weight is 233 g/mol. The van der Waals surface area contributed by atoms with Gasteiger partial charge in [0.1, 0.15) is 0 Å². The van der Waals surface area contributed by atoms with Crippen LogP contribution in [0.4, 0.5) is 0 Å². The smallest absolute Gasteiger partial charge is 0.169 e. The number of nitrogens with one attached hydrogen (secondary N) is 1. The van der Waals surface area contributed by atoms with Crippen molar-refractivity contribution < 1.29 is 14.6 Å². The van der Waals surface area contributed by atoms with E-state index >= 15 is 0 Å². The van der Waals surface area contributed by atoms with Crippen molar-refractivity contribution in [1.82, 2.24) is 5.32 Å². The molecule has 0 aliphatic rings. The van der Waals surface area contributed by atoms with Crippen LogP contribution in [0.1, 0.15) is 39.5 Å². The minimum atomic E-state index is -0.118. The van der Waals surface area contributed by atoms with E-state index in [1.54, 1.807) is 0 Å². The van der Waals surface area contributed by atoms with Crippen LogP contribution in [-0.4, -0.2) is 44.3 Å². The highest BCUT2D eigenvalue weighted by atomic mass is 16.7. The maximum atomic E-state index is 8.61. The van der Waals surface area contributed by atoms with Gasteiger partial charge in [-0.25, -0.2) is 0 Å². The molecule has 0 unspecified atom stereocenters. The van der Waals surface area contributed by atoms with E-state index in [9.17, 15) is 0 Å². The zero-order valence-corrected chi connectivity index (χ0v) is 10.7. The van der Waals surface area contributed by atoms with Crippen molar-refractivity contribution in [2.45, 2.75) is 45.8 Å². The number of aliphatic hydroxyl groups is 1. The van der Waals surface area contributed by atoms with Gasteiger partial charge in [-0.2, -0.15) is 0 Å². The first kappa shape index (κ1) is 15.8. The van der Waals surface area contributed by atoms with Crippen LogP contribution in [0, 0.1) is 0 Å². The van der Waals surface area contributed by atoms with Gasteiger partial charge in [0, 0.05) is 26.4 Å². The topological polar surface area (TPSA) is 50.7 Å². The number of aliphatic hydroxyl groups excluding tert-OH is 1. The molecule has 16 heavy (non-hydrogen) atoms. The van der Waals surface area contributed by atoms with Crippen LogP contribution in [0.2, 0.25) is 0 Å². The van der Waals surface area contributed by atoms with E-state index in [1.165, 1.54) is 6.42 Å². The molecule has 0 aromatic carbocycles. The molecule has 0 aliphatic heterocycles. The Hall–Kier alpha value is -0.160. The number of hydrogen-bond acceptors (Lipinski definition) is 4. The molecule has 0 amide bonds. The highest BCUT2D eigenvalue weighted by molar-refractivity contribution is 4.52. The van der Waals surface area contributed by atoms with Gasteiger partial charge in [0.05, 0.1) is 0 Å². The van der Waals surface area contributed by atoms with Crippen molar-refractivity contribution in [1.29, 1.82) is 0 Å². The van der Waals surface area contributed by atoms with Crippen LogP contribution in [0.3, 0.4) is 0 Å². The molecule has 0 aliphatic carbocycles. The lowest BCUT2D eigenvalue weighted by molar-refractivity contribution is -0.132. The Labute approximate surface area is 99.3 Å². The predicted molar refractivity (Wildman–Crippen MR) is 65.5 cm³/mol. The summed E-state index contributed by atoms with van der Waals surface area (Å²) >= 11 is 0. The molecule has 0 saturated carbocycles. The number of ether oxygens (including phenoxy) is 2. The fraction of sp³-hybridized carbons (Fsp3) is 1.00. The summed E-state index contributed by atoms with van der Waals surface area (Å²) in [5, 5.41) is 11.9. The standard InChI is InChI=1S/C12H27NO3/c1-3-15-12(16-4-2)11-13-9-7-5-6-8-10-14/h12-14H,3-11H2,1-2H3. The fourth-order valence-electron chi connectivity index (χ4n) is 1.47. The molecular weight excluding hydrogens is 206 g/mol. The highest BCUT2D eigenvalue weighted by Gasteiger charge is 2.05. The van der Waals surface area contributed by atoms with Gasteiger partial charge in [-0.1, -0.05) is 12.8 Å². The molecule has 2 N–H and O–H groups in total. The second kappa shape index (κ2) is 12.9. The van der Waals surface area contributed by atoms with Gasteiger partial charge in [-0.3, -0.25) is 0 Å². The highest BCUT2D eigenvalue weighted by Crippen LogP contribution is 1.98. The summed E-state index contributed by atoms with van der Waals surface area (Å²) in [6.45, 7) is 7.36. The third kappa shape index (κ3) is 10.4. The van der Waals surface area contributed by atoms with Crippen LogP contribution in [-0.2, 0) is 9.47 Å². The van der Waals surface area contributed by atoms with Crippen molar-refractivity contribution in [3.05, 3.63) is 0 Å². The first-order chi connectivity index (χ1) is 7.85. The minimum Gasteiger partial charge on any atom is -0.396 e. The first-order valence-electron chi connectivity index (χ1n) is 6.39. The van der Waals surface area contributed by atoms with E-state index in [-0.39, 0.29) is 6.29 Å². The average Bonchev–Trinajstić information content (AvgIpc) is 2.28. The largest absolute Gasteiger partial charge is 0.396 e. The van der Waals surface area contributed by atoms with Gasteiger partial charge in [0.2, 0.25) is 0 Å². The van der Waals surface area contributed by atoms with Gasteiger partial charge < -0.3 is 19.9 Å². The van der Waals surface area contributed by atoms with E-state index in [2.05, 4.69) is 5.32 Å². The molecule has 0 fully saturated rings. The van der Waals surface area contributed by atoms with Crippen LogP contribution in [0.5, 0.6) is 0 Å². The van der Waals surface area contributed by atoms with Crippen molar-refractivity contribution in [2.75, 3.05) is 32.9 Å². The van der Waals surface area contributed by atoms with Gasteiger partial charge in [-0.05, 0) is 33.2 Å². The van der Waals surface area contributed by atoms with E-state index < -0.39 is 0 Å². The molecule has 0 rings (SSSR count). The summed E-state index contributed by atoms with van der Waals surface area (Å²) in [6, 6.07) is 0. The zero-order valence-electron chi connectivity index (χ0n) is 10.7. The molecule has 4 nitrogen and oxygen atoms in total. The molecule has 0 saturated heterocycles. The van der Waals surface area contributed by atoms with E-state index in [1.807, 2.05) is 13.8 Å². The Kier molecular flexibility index (Phi) is 12.8. The zero-order chi connectivity index (χ0) is 12.1. The lowest BCUT2D eigenvalue weighted by Gasteiger charge is -2.17. The normalized spacial score (nSPS) is 11.2. The molecule has 0 aromatic rings. The Balaban J connectivity index is 3.25. The molecule has 0 bridgehead atoms. The molecule has 0 aromatic heterocycles. The quantitative estimate of drug-likeness (QED) is 0.396. The fourth-order valence-corrected chi connectivity index (χ4v) is 1.47. The second-order valence-corrected chi connectivity index (χ2v) is 3.68. The molecular formula is C12H27NO3. The second-order valence-electron chi connectivity index (χ2n) is 3.68. The number of unbranched alkanes of at least 4 members (excludes halogenated alkanes) is 3. The third-order valence-electron chi connectivity index (χ3n) is 2.28. The third-order valence-corrected chi connectivity index (χ3v) is 2.28. The van der Waals surface area contributed by atoms with Gasteiger partial charge in [0.15, 0.2) is 6.29 Å². The summed E-state index contributed by atoms with van der Waals surface area (Å²) in [7, 11) is 0. The molecule has 98 valence electrons. The summed E-state index contributed by atoms with van der Waals surface area (Å²) in [6.07, 6.45) is 4.22. The molecule has 0 radical (unpaired) electrons. The Morgan fingerprint density at radius 2 is 1.62 bits per heavy atom. The van der Waals surface area contributed by atoms with Crippen molar-refractivity contribution in [2.24, 2.45) is 0 Å². The van der Waals surface area contributed by atoms with Crippen LogP contribution in [0.25, 0.3) is 0 Å². The lowest BCUT2D eigenvalue weighted by atomic mass is 10.2. The number of hydrogen-bond donors (Lipinski definition) is 2.